The van der Waals surface area contributed by atoms with Gasteiger partial charge in [0.1, 0.15) is 6.04 Å². The van der Waals surface area contributed by atoms with E-state index < -0.39 is 6.04 Å². The number of carbonyl (C=O) groups is 2. The maximum absolute atomic E-state index is 12.2. The molecule has 1 rings (SSSR count). The van der Waals surface area contributed by atoms with Gasteiger partial charge >= 0.3 is 0 Å². The Morgan fingerprint density at radius 3 is 2.82 bits per heavy atom. The third-order valence-electron chi connectivity index (χ3n) is 3.08. The number of amides is 2. The molecule has 0 bridgehead atoms. The maximum atomic E-state index is 12.2. The molecule has 4 nitrogen and oxygen atoms in total. The van der Waals surface area contributed by atoms with Gasteiger partial charge in [-0.25, -0.2) is 0 Å². The summed E-state index contributed by atoms with van der Waals surface area (Å²) >= 11 is 5.73. The first kappa shape index (κ1) is 14.0. The molecular weight excluding hydrogens is 240 g/mol. The molecule has 17 heavy (non-hydrogen) atoms. The number of carbonyl (C=O) groups excluding carboxylic acids is 2. The molecule has 1 aliphatic rings. The minimum Gasteiger partial charge on any atom is -0.344 e. The second-order valence-corrected chi connectivity index (χ2v) is 4.99. The summed E-state index contributed by atoms with van der Waals surface area (Å²) < 4.78 is 0. The first-order valence-electron chi connectivity index (χ1n) is 5.87. The molecule has 2 unspecified atom stereocenters. The first-order valence-corrected chi connectivity index (χ1v) is 6.25. The fraction of sp³-hybridized carbons (Fsp3) is 0.667. The number of nitrogens with zero attached hydrogens (tertiary/aromatic N) is 1. The molecule has 0 aromatic carbocycles. The van der Waals surface area contributed by atoms with Crippen molar-refractivity contribution in [2.24, 2.45) is 5.92 Å². The largest absolute Gasteiger partial charge is 0.344 e. The van der Waals surface area contributed by atoms with Gasteiger partial charge in [0.25, 0.3) is 0 Å². The van der Waals surface area contributed by atoms with Crippen molar-refractivity contribution in [1.82, 2.24) is 10.2 Å². The second kappa shape index (κ2) is 6.05. The predicted octanol–water partition coefficient (Wildman–Crippen LogP) is 1.50. The summed E-state index contributed by atoms with van der Waals surface area (Å²) in [4.78, 5) is 25.4. The van der Waals surface area contributed by atoms with E-state index in [1.54, 1.807) is 4.90 Å². The average Bonchev–Trinajstić information content (AvgIpc) is 2.40. The van der Waals surface area contributed by atoms with E-state index in [1.165, 1.54) is 0 Å². The van der Waals surface area contributed by atoms with Gasteiger partial charge in [-0.15, -0.1) is 0 Å². The van der Waals surface area contributed by atoms with Crippen LogP contribution in [0.1, 0.15) is 26.7 Å². The van der Waals surface area contributed by atoms with Gasteiger partial charge in [0.2, 0.25) is 11.8 Å². The summed E-state index contributed by atoms with van der Waals surface area (Å²) in [6, 6.07) is -0.439. The molecule has 0 spiro atoms. The van der Waals surface area contributed by atoms with E-state index >= 15 is 0 Å². The van der Waals surface area contributed by atoms with Crippen LogP contribution < -0.4 is 5.32 Å². The number of hydrogen-bond donors (Lipinski definition) is 1. The molecule has 1 N–H and O–H groups in total. The summed E-state index contributed by atoms with van der Waals surface area (Å²) in [5, 5.41) is 3.19. The van der Waals surface area contributed by atoms with E-state index in [2.05, 4.69) is 11.9 Å². The fourth-order valence-corrected chi connectivity index (χ4v) is 1.98. The lowest BCUT2D eigenvalue weighted by Crippen LogP contribution is -2.48. The van der Waals surface area contributed by atoms with Gasteiger partial charge in [0.15, 0.2) is 0 Å². The van der Waals surface area contributed by atoms with Crippen molar-refractivity contribution in [2.45, 2.75) is 32.7 Å². The van der Waals surface area contributed by atoms with Crippen molar-refractivity contribution < 1.29 is 9.59 Å². The number of rotatable bonds is 4. The lowest BCUT2D eigenvalue weighted by molar-refractivity contribution is -0.134. The van der Waals surface area contributed by atoms with Gasteiger partial charge < -0.3 is 10.2 Å². The van der Waals surface area contributed by atoms with Crippen LogP contribution in [0.5, 0.6) is 0 Å². The zero-order valence-corrected chi connectivity index (χ0v) is 11.1. The van der Waals surface area contributed by atoms with Crippen LogP contribution in [-0.4, -0.2) is 35.8 Å². The van der Waals surface area contributed by atoms with Crippen LogP contribution in [0.3, 0.4) is 0 Å². The Hall–Kier alpha value is -1.03. The van der Waals surface area contributed by atoms with E-state index in [1.807, 2.05) is 13.8 Å². The van der Waals surface area contributed by atoms with E-state index in [4.69, 9.17) is 11.6 Å². The highest BCUT2D eigenvalue weighted by molar-refractivity contribution is 6.29. The molecule has 5 heteroatoms. The summed E-state index contributed by atoms with van der Waals surface area (Å²) in [5.41, 5.74) is 0. The van der Waals surface area contributed by atoms with Gasteiger partial charge in [0.05, 0.1) is 6.54 Å². The van der Waals surface area contributed by atoms with Crippen molar-refractivity contribution in [3.8, 4) is 0 Å². The molecule has 0 aromatic heterocycles. The fourth-order valence-electron chi connectivity index (χ4n) is 1.84. The minimum atomic E-state index is -0.439. The Balaban J connectivity index is 2.84. The molecule has 96 valence electrons. The summed E-state index contributed by atoms with van der Waals surface area (Å²) in [5.74, 6) is -0.0195. The van der Waals surface area contributed by atoms with Crippen molar-refractivity contribution in [1.29, 1.82) is 0 Å². The van der Waals surface area contributed by atoms with Crippen molar-refractivity contribution in [2.75, 3.05) is 13.1 Å². The molecular formula is C12H19ClN2O2. The Morgan fingerprint density at radius 2 is 2.29 bits per heavy atom. The summed E-state index contributed by atoms with van der Waals surface area (Å²) in [6.45, 7) is 8.26. The van der Waals surface area contributed by atoms with Crippen LogP contribution in [0.15, 0.2) is 11.6 Å². The predicted molar refractivity (Wildman–Crippen MR) is 67.6 cm³/mol. The molecule has 1 saturated heterocycles. The Morgan fingerprint density at radius 1 is 1.65 bits per heavy atom. The number of halogens is 1. The third-order valence-corrected chi connectivity index (χ3v) is 3.20. The third kappa shape index (κ3) is 3.73. The van der Waals surface area contributed by atoms with Crippen LogP contribution in [0.25, 0.3) is 0 Å². The number of hydrogen-bond acceptors (Lipinski definition) is 2. The number of nitrogens with one attached hydrogen (secondary N) is 1. The first-order chi connectivity index (χ1) is 7.95. The molecule has 1 heterocycles. The highest BCUT2D eigenvalue weighted by Crippen LogP contribution is 2.15. The van der Waals surface area contributed by atoms with E-state index in [0.29, 0.717) is 24.5 Å². The molecule has 0 saturated carbocycles. The molecule has 2 amide bonds. The summed E-state index contributed by atoms with van der Waals surface area (Å²) in [6.07, 6.45) is 1.16. The monoisotopic (exact) mass is 258 g/mol. The summed E-state index contributed by atoms with van der Waals surface area (Å²) in [7, 11) is 0. The van der Waals surface area contributed by atoms with Crippen LogP contribution in [0.2, 0.25) is 0 Å². The van der Waals surface area contributed by atoms with E-state index in [9.17, 15) is 9.59 Å². The SMILES string of the molecule is C=C(Cl)CN1CCC(=O)NC(C(C)CC)C1=O. The normalized spacial score (nSPS) is 23.0. The van der Waals surface area contributed by atoms with Crippen LogP contribution in [-0.2, 0) is 9.59 Å². The van der Waals surface area contributed by atoms with Crippen LogP contribution in [0.4, 0.5) is 0 Å². The lowest BCUT2D eigenvalue weighted by Gasteiger charge is -2.26. The smallest absolute Gasteiger partial charge is 0.245 e. The molecule has 1 fully saturated rings. The van der Waals surface area contributed by atoms with Gasteiger partial charge in [-0.3, -0.25) is 9.59 Å². The standard InChI is InChI=1S/C12H19ClN2O2/c1-4-8(2)11-12(17)15(7-9(3)13)6-5-10(16)14-11/h8,11H,3-7H2,1-2H3,(H,14,16). The van der Waals surface area contributed by atoms with Gasteiger partial charge in [-0.2, -0.15) is 0 Å². The quantitative estimate of drug-likeness (QED) is 0.831. The van der Waals surface area contributed by atoms with Crippen molar-refractivity contribution >= 4 is 23.4 Å². The zero-order valence-electron chi connectivity index (χ0n) is 10.3. The molecule has 2 atom stereocenters. The molecule has 1 aliphatic heterocycles. The lowest BCUT2D eigenvalue weighted by atomic mass is 9.98. The molecule has 0 aliphatic carbocycles. The van der Waals surface area contributed by atoms with Gasteiger partial charge in [-0.1, -0.05) is 38.4 Å². The van der Waals surface area contributed by atoms with Crippen molar-refractivity contribution in [3.05, 3.63) is 11.6 Å². The second-order valence-electron chi connectivity index (χ2n) is 4.46. The maximum Gasteiger partial charge on any atom is 0.245 e. The van der Waals surface area contributed by atoms with E-state index in [-0.39, 0.29) is 17.7 Å². The zero-order chi connectivity index (χ0) is 13.0. The Bertz CT molecular complexity index is 330. The molecule has 0 radical (unpaired) electrons. The highest BCUT2D eigenvalue weighted by atomic mass is 35.5. The van der Waals surface area contributed by atoms with Crippen LogP contribution >= 0.6 is 11.6 Å². The van der Waals surface area contributed by atoms with Gasteiger partial charge in [-0.05, 0) is 5.92 Å². The highest BCUT2D eigenvalue weighted by Gasteiger charge is 2.32. The Labute approximate surface area is 107 Å². The Kier molecular flexibility index (Phi) is 5.00. The van der Waals surface area contributed by atoms with Crippen LogP contribution in [0, 0.1) is 5.92 Å². The average molecular weight is 259 g/mol. The molecule has 0 aromatic rings. The minimum absolute atomic E-state index is 0.0630. The van der Waals surface area contributed by atoms with Crippen molar-refractivity contribution in [3.63, 3.8) is 0 Å². The topological polar surface area (TPSA) is 49.4 Å². The van der Waals surface area contributed by atoms with Gasteiger partial charge in [0, 0.05) is 18.0 Å². The van der Waals surface area contributed by atoms with E-state index in [0.717, 1.165) is 6.42 Å².